The van der Waals surface area contributed by atoms with Gasteiger partial charge in [0.25, 0.3) is 0 Å². The summed E-state index contributed by atoms with van der Waals surface area (Å²) >= 11 is 0. The number of hydrogen-bond acceptors (Lipinski definition) is 8. The van der Waals surface area contributed by atoms with Crippen LogP contribution in [0.25, 0.3) is 11.4 Å². The Bertz CT molecular complexity index is 1230. The summed E-state index contributed by atoms with van der Waals surface area (Å²) in [5.74, 6) is 2.37. The number of hydrogen-bond donors (Lipinski definition) is 2. The molecule has 206 valence electrons. The highest BCUT2D eigenvalue weighted by Crippen LogP contribution is 2.29. The summed E-state index contributed by atoms with van der Waals surface area (Å²) in [4.78, 5) is 29.4. The molecule has 0 spiro atoms. The number of ether oxygens (including phenoxy) is 3. The van der Waals surface area contributed by atoms with E-state index in [0.717, 1.165) is 61.7 Å². The molecular formula is C29H36N6O4. The highest BCUT2D eigenvalue weighted by atomic mass is 16.5. The zero-order valence-electron chi connectivity index (χ0n) is 22.6. The summed E-state index contributed by atoms with van der Waals surface area (Å²) in [5, 5.41) is 5.76. The maximum Gasteiger partial charge on any atom is 0.323 e. The standard InChI is InChI=1S/C29H36N6O4/c1-20-19-39-18-14-35(20)28-33-26(32-27(34-28)23-12-16-38-17-13-23)22-5-9-25(10-6-22)31-29(36)30-24-7-3-21(4-8-24)11-15-37-2/h3-10,20,23H,11-19H2,1-2H3,(H2,30,31,36)/t20-/m1/s1. The van der Waals surface area contributed by atoms with Crippen molar-refractivity contribution in [3.8, 4) is 11.4 Å². The third kappa shape index (κ3) is 7.08. The molecule has 2 amide bonds. The van der Waals surface area contributed by atoms with Gasteiger partial charge in [0.2, 0.25) is 5.95 Å². The maximum absolute atomic E-state index is 12.6. The number of rotatable bonds is 8. The second-order valence-electron chi connectivity index (χ2n) is 9.92. The quantitative estimate of drug-likeness (QED) is 0.437. The van der Waals surface area contributed by atoms with Crippen molar-refractivity contribution in [1.82, 2.24) is 15.0 Å². The minimum atomic E-state index is -0.307. The number of urea groups is 1. The molecule has 2 aliphatic rings. The van der Waals surface area contributed by atoms with Crippen LogP contribution in [0.4, 0.5) is 22.1 Å². The topological polar surface area (TPSA) is 111 Å². The second-order valence-corrected chi connectivity index (χ2v) is 9.92. The average Bonchev–Trinajstić information content (AvgIpc) is 2.97. The number of carbonyl (C=O) groups excluding carboxylic acids is 1. The molecule has 2 aromatic carbocycles. The van der Waals surface area contributed by atoms with E-state index < -0.39 is 0 Å². The van der Waals surface area contributed by atoms with Gasteiger partial charge in [-0.15, -0.1) is 0 Å². The largest absolute Gasteiger partial charge is 0.384 e. The maximum atomic E-state index is 12.6. The van der Waals surface area contributed by atoms with Crippen molar-refractivity contribution < 1.29 is 19.0 Å². The van der Waals surface area contributed by atoms with Gasteiger partial charge >= 0.3 is 6.03 Å². The molecule has 2 N–H and O–H groups in total. The third-order valence-corrected chi connectivity index (χ3v) is 7.06. The Balaban J connectivity index is 1.29. The molecule has 0 bridgehead atoms. The van der Waals surface area contributed by atoms with Crippen LogP contribution in [-0.4, -0.2) is 73.7 Å². The summed E-state index contributed by atoms with van der Waals surface area (Å²) in [5.41, 5.74) is 3.42. The van der Waals surface area contributed by atoms with Gasteiger partial charge in [0, 0.05) is 49.7 Å². The highest BCUT2D eigenvalue weighted by Gasteiger charge is 2.26. The Morgan fingerprint density at radius 2 is 1.64 bits per heavy atom. The number of carbonyl (C=O) groups is 1. The molecule has 3 aromatic rings. The highest BCUT2D eigenvalue weighted by molar-refractivity contribution is 5.99. The molecule has 0 saturated carbocycles. The molecule has 2 fully saturated rings. The van der Waals surface area contributed by atoms with Crippen LogP contribution in [0.15, 0.2) is 48.5 Å². The van der Waals surface area contributed by atoms with Gasteiger partial charge in [-0.2, -0.15) is 9.97 Å². The molecule has 39 heavy (non-hydrogen) atoms. The molecule has 0 aliphatic carbocycles. The molecule has 3 heterocycles. The second kappa shape index (κ2) is 13.0. The van der Waals surface area contributed by atoms with Crippen molar-refractivity contribution in [2.75, 3.05) is 62.2 Å². The number of amides is 2. The van der Waals surface area contributed by atoms with Crippen LogP contribution in [0, 0.1) is 0 Å². The number of nitrogens with one attached hydrogen (secondary N) is 2. The minimum absolute atomic E-state index is 0.184. The van der Waals surface area contributed by atoms with Crippen molar-refractivity contribution in [1.29, 1.82) is 0 Å². The molecule has 10 heteroatoms. The van der Waals surface area contributed by atoms with Gasteiger partial charge in [-0.05, 0) is 68.1 Å². The number of anilines is 3. The Labute approximate surface area is 229 Å². The van der Waals surface area contributed by atoms with Crippen LogP contribution in [-0.2, 0) is 20.6 Å². The first kappa shape index (κ1) is 27.0. The Morgan fingerprint density at radius 3 is 2.31 bits per heavy atom. The smallest absolute Gasteiger partial charge is 0.323 e. The summed E-state index contributed by atoms with van der Waals surface area (Å²) in [6.07, 6.45) is 2.63. The summed E-state index contributed by atoms with van der Waals surface area (Å²) < 4.78 is 16.3. The fourth-order valence-electron chi connectivity index (χ4n) is 4.77. The van der Waals surface area contributed by atoms with Crippen LogP contribution in [0.5, 0.6) is 0 Å². The monoisotopic (exact) mass is 532 g/mol. The lowest BCUT2D eigenvalue weighted by atomic mass is 9.99. The van der Waals surface area contributed by atoms with E-state index in [-0.39, 0.29) is 18.0 Å². The van der Waals surface area contributed by atoms with Gasteiger partial charge in [0.1, 0.15) is 5.82 Å². The fourth-order valence-corrected chi connectivity index (χ4v) is 4.77. The van der Waals surface area contributed by atoms with Crippen molar-refractivity contribution in [2.24, 2.45) is 0 Å². The van der Waals surface area contributed by atoms with Crippen molar-refractivity contribution in [2.45, 2.75) is 38.1 Å². The Morgan fingerprint density at radius 1 is 0.949 bits per heavy atom. The van der Waals surface area contributed by atoms with Gasteiger partial charge in [-0.1, -0.05) is 12.1 Å². The van der Waals surface area contributed by atoms with E-state index in [1.54, 1.807) is 7.11 Å². The van der Waals surface area contributed by atoms with Crippen molar-refractivity contribution in [3.63, 3.8) is 0 Å². The first-order chi connectivity index (χ1) is 19.1. The zero-order valence-corrected chi connectivity index (χ0v) is 22.6. The van der Waals surface area contributed by atoms with Crippen molar-refractivity contribution in [3.05, 3.63) is 59.9 Å². The number of methoxy groups -OCH3 is 1. The number of benzene rings is 2. The van der Waals surface area contributed by atoms with E-state index >= 15 is 0 Å². The molecule has 5 rings (SSSR count). The van der Waals surface area contributed by atoms with E-state index in [4.69, 9.17) is 29.2 Å². The number of aromatic nitrogens is 3. The molecule has 10 nitrogen and oxygen atoms in total. The summed E-state index contributed by atoms with van der Waals surface area (Å²) in [6, 6.07) is 15.2. The molecule has 2 aliphatic heterocycles. The summed E-state index contributed by atoms with van der Waals surface area (Å²) in [6.45, 7) is 6.26. The minimum Gasteiger partial charge on any atom is -0.384 e. The molecule has 0 unspecified atom stereocenters. The van der Waals surface area contributed by atoms with E-state index in [2.05, 4.69) is 22.5 Å². The van der Waals surface area contributed by atoms with E-state index in [0.29, 0.717) is 37.3 Å². The fraction of sp³-hybridized carbons (Fsp3) is 0.448. The van der Waals surface area contributed by atoms with Gasteiger partial charge in [0.05, 0.1) is 25.9 Å². The van der Waals surface area contributed by atoms with Crippen LogP contribution in [0.2, 0.25) is 0 Å². The predicted octanol–water partition coefficient (Wildman–Crippen LogP) is 4.49. The van der Waals surface area contributed by atoms with E-state index in [1.807, 2.05) is 48.5 Å². The van der Waals surface area contributed by atoms with Crippen LogP contribution in [0.1, 0.15) is 37.1 Å². The molecular weight excluding hydrogens is 496 g/mol. The van der Waals surface area contributed by atoms with Gasteiger partial charge in [-0.3, -0.25) is 0 Å². The first-order valence-electron chi connectivity index (χ1n) is 13.5. The number of nitrogens with zero attached hydrogens (tertiary/aromatic N) is 4. The lowest BCUT2D eigenvalue weighted by Crippen LogP contribution is -2.44. The van der Waals surface area contributed by atoms with Gasteiger partial charge < -0.3 is 29.7 Å². The van der Waals surface area contributed by atoms with Gasteiger partial charge in [-0.25, -0.2) is 9.78 Å². The summed E-state index contributed by atoms with van der Waals surface area (Å²) in [7, 11) is 1.69. The lowest BCUT2D eigenvalue weighted by molar-refractivity contribution is 0.0834. The van der Waals surface area contributed by atoms with Crippen LogP contribution < -0.4 is 15.5 Å². The zero-order chi connectivity index (χ0) is 27.0. The Kier molecular flexibility index (Phi) is 8.97. The lowest BCUT2D eigenvalue weighted by Gasteiger charge is -2.34. The number of morpholine rings is 1. The SMILES string of the molecule is COCCc1ccc(NC(=O)Nc2ccc(-c3nc(C4CCOCC4)nc(N4CCOC[C@H]4C)n3)cc2)cc1. The third-order valence-electron chi connectivity index (χ3n) is 7.06. The Hall–Kier alpha value is -3.60. The molecule has 2 saturated heterocycles. The molecule has 0 radical (unpaired) electrons. The van der Waals surface area contributed by atoms with E-state index in [9.17, 15) is 4.79 Å². The predicted molar refractivity (Wildman–Crippen MR) is 150 cm³/mol. The normalized spacial score (nSPS) is 18.1. The average molecular weight is 533 g/mol. The van der Waals surface area contributed by atoms with Gasteiger partial charge in [0.15, 0.2) is 5.82 Å². The van der Waals surface area contributed by atoms with Crippen molar-refractivity contribution >= 4 is 23.4 Å². The molecule has 1 atom stereocenters. The first-order valence-corrected chi connectivity index (χ1v) is 13.5. The van der Waals surface area contributed by atoms with E-state index in [1.165, 1.54) is 0 Å². The van der Waals surface area contributed by atoms with Crippen LogP contribution >= 0.6 is 0 Å². The molecule has 1 aromatic heterocycles. The van der Waals surface area contributed by atoms with Crippen LogP contribution in [0.3, 0.4) is 0 Å².